The molecule has 0 saturated carbocycles. The second-order valence-corrected chi connectivity index (χ2v) is 3.22. The van der Waals surface area contributed by atoms with Gasteiger partial charge >= 0.3 is 0 Å². The van der Waals surface area contributed by atoms with E-state index in [0.29, 0.717) is 10.7 Å². The normalized spacial score (nSPS) is 10.8. The second kappa shape index (κ2) is 4.38. The Balaban J connectivity index is 2.97. The van der Waals surface area contributed by atoms with Gasteiger partial charge in [0, 0.05) is 5.02 Å². The minimum atomic E-state index is 0.143. The summed E-state index contributed by atoms with van der Waals surface area (Å²) in [5.74, 6) is 0.143. The van der Waals surface area contributed by atoms with E-state index >= 15 is 0 Å². The Morgan fingerprint density at radius 1 is 1.58 bits per heavy atom. The molecule has 12 heavy (non-hydrogen) atoms. The molecule has 4 heteroatoms. The molecule has 0 atom stereocenters. The van der Waals surface area contributed by atoms with Crippen molar-refractivity contribution in [3.05, 3.63) is 23.2 Å². The van der Waals surface area contributed by atoms with Gasteiger partial charge in [-0.3, -0.25) is 0 Å². The van der Waals surface area contributed by atoms with Crippen LogP contribution in [-0.4, -0.2) is 16.9 Å². The van der Waals surface area contributed by atoms with Crippen molar-refractivity contribution in [1.82, 2.24) is 0 Å². The lowest BCUT2D eigenvalue weighted by molar-refractivity contribution is 0.477. The quantitative estimate of drug-likeness (QED) is 0.589. The van der Waals surface area contributed by atoms with Crippen LogP contribution in [0.3, 0.4) is 0 Å². The van der Waals surface area contributed by atoms with E-state index in [0.717, 1.165) is 0 Å². The molecule has 0 bridgehead atoms. The molecule has 1 aromatic carbocycles. The van der Waals surface area contributed by atoms with Crippen molar-refractivity contribution in [2.75, 3.05) is 6.26 Å². The van der Waals surface area contributed by atoms with Gasteiger partial charge in [-0.25, -0.2) is 4.99 Å². The van der Waals surface area contributed by atoms with Crippen LogP contribution in [0.15, 0.2) is 23.2 Å². The lowest BCUT2D eigenvalue weighted by Crippen LogP contribution is -1.69. The number of hydrogen-bond donors (Lipinski definition) is 1. The number of benzene rings is 1. The van der Waals surface area contributed by atoms with Crippen LogP contribution in [0.25, 0.3) is 0 Å². The van der Waals surface area contributed by atoms with E-state index in [9.17, 15) is 5.11 Å². The molecule has 1 N–H and O–H groups in total. The van der Waals surface area contributed by atoms with Crippen molar-refractivity contribution >= 4 is 34.6 Å². The number of aromatic hydroxyl groups is 1. The molecular formula is C8H8ClNOS. The zero-order chi connectivity index (χ0) is 8.97. The molecule has 2 nitrogen and oxygen atoms in total. The van der Waals surface area contributed by atoms with Crippen molar-refractivity contribution < 1.29 is 5.11 Å². The van der Waals surface area contributed by atoms with Crippen LogP contribution in [0.5, 0.6) is 5.75 Å². The van der Waals surface area contributed by atoms with E-state index in [-0.39, 0.29) is 5.75 Å². The highest BCUT2D eigenvalue weighted by atomic mass is 35.5. The van der Waals surface area contributed by atoms with Gasteiger partial charge in [0.25, 0.3) is 0 Å². The van der Waals surface area contributed by atoms with Gasteiger partial charge in [0.15, 0.2) is 0 Å². The number of rotatable bonds is 2. The van der Waals surface area contributed by atoms with Gasteiger partial charge in [-0.15, -0.1) is 11.8 Å². The predicted molar refractivity (Wildman–Crippen MR) is 54.8 cm³/mol. The van der Waals surface area contributed by atoms with Crippen molar-refractivity contribution in [3.8, 4) is 5.75 Å². The maximum atomic E-state index is 9.28. The Morgan fingerprint density at radius 3 is 3.00 bits per heavy atom. The molecule has 0 fully saturated rings. The van der Waals surface area contributed by atoms with Crippen LogP contribution in [0.1, 0.15) is 0 Å². The Kier molecular flexibility index (Phi) is 3.44. The summed E-state index contributed by atoms with van der Waals surface area (Å²) in [5, 5.41) is 9.85. The van der Waals surface area contributed by atoms with Gasteiger partial charge in [0.2, 0.25) is 0 Å². The molecule has 0 aliphatic carbocycles. The molecule has 0 aliphatic rings. The Hall–Kier alpha value is -0.670. The summed E-state index contributed by atoms with van der Waals surface area (Å²) < 4.78 is 0. The highest BCUT2D eigenvalue weighted by Gasteiger charge is 1.97. The van der Waals surface area contributed by atoms with Gasteiger partial charge in [-0.1, -0.05) is 11.6 Å². The number of nitrogens with zero attached hydrogens (tertiary/aromatic N) is 1. The van der Waals surface area contributed by atoms with Crippen molar-refractivity contribution in [2.24, 2.45) is 4.99 Å². The number of phenols is 1. The first-order valence-electron chi connectivity index (χ1n) is 3.28. The number of hydrogen-bond acceptors (Lipinski definition) is 3. The fraction of sp³-hybridized carbons (Fsp3) is 0.125. The number of halogens is 1. The minimum Gasteiger partial charge on any atom is -0.506 e. The predicted octanol–water partition coefficient (Wildman–Crippen LogP) is 3.07. The molecule has 0 saturated heterocycles. The van der Waals surface area contributed by atoms with E-state index in [1.807, 2.05) is 6.26 Å². The van der Waals surface area contributed by atoms with Gasteiger partial charge in [-0.2, -0.15) is 0 Å². The van der Waals surface area contributed by atoms with Crippen LogP contribution in [0.4, 0.5) is 5.69 Å². The number of phenolic OH excluding ortho intramolecular Hbond substituents is 1. The summed E-state index contributed by atoms with van der Waals surface area (Å²) in [6, 6.07) is 4.76. The maximum Gasteiger partial charge on any atom is 0.141 e. The van der Waals surface area contributed by atoms with Crippen LogP contribution >= 0.6 is 23.4 Å². The molecule has 0 aromatic heterocycles. The molecule has 64 valence electrons. The van der Waals surface area contributed by atoms with E-state index < -0.39 is 0 Å². The van der Waals surface area contributed by atoms with E-state index in [1.54, 1.807) is 17.7 Å². The van der Waals surface area contributed by atoms with Crippen LogP contribution in [0, 0.1) is 0 Å². The molecule has 0 aliphatic heterocycles. The van der Waals surface area contributed by atoms with Crippen molar-refractivity contribution in [3.63, 3.8) is 0 Å². The monoisotopic (exact) mass is 201 g/mol. The standard InChI is InChI=1S/C8H8ClNOS/c1-12-5-10-7-4-6(9)2-3-8(7)11/h2-5,11H,1H3. The molecule has 0 radical (unpaired) electrons. The third-order valence-electron chi connectivity index (χ3n) is 1.23. The first-order valence-corrected chi connectivity index (χ1v) is 4.94. The first-order chi connectivity index (χ1) is 5.74. The zero-order valence-electron chi connectivity index (χ0n) is 6.49. The molecule has 0 heterocycles. The number of aliphatic imine (C=N–C) groups is 1. The Labute approximate surface area is 80.3 Å². The van der Waals surface area contributed by atoms with Crippen molar-refractivity contribution in [1.29, 1.82) is 0 Å². The van der Waals surface area contributed by atoms with E-state index in [2.05, 4.69) is 4.99 Å². The summed E-state index contributed by atoms with van der Waals surface area (Å²) in [7, 11) is 0. The fourth-order valence-corrected chi connectivity index (χ4v) is 1.09. The largest absolute Gasteiger partial charge is 0.506 e. The Bertz CT molecular complexity index is 301. The van der Waals surface area contributed by atoms with Gasteiger partial charge in [-0.05, 0) is 24.5 Å². The first kappa shape index (κ1) is 9.42. The highest BCUT2D eigenvalue weighted by Crippen LogP contribution is 2.29. The fourth-order valence-electron chi connectivity index (χ4n) is 0.709. The smallest absolute Gasteiger partial charge is 0.141 e. The molecular weight excluding hydrogens is 194 g/mol. The molecule has 1 aromatic rings. The summed E-state index contributed by atoms with van der Waals surface area (Å²) in [4.78, 5) is 3.99. The lowest BCUT2D eigenvalue weighted by atomic mass is 10.3. The average molecular weight is 202 g/mol. The zero-order valence-corrected chi connectivity index (χ0v) is 8.06. The topological polar surface area (TPSA) is 32.6 Å². The average Bonchev–Trinajstić information content (AvgIpc) is 2.07. The molecule has 0 amide bonds. The third kappa shape index (κ3) is 2.43. The SMILES string of the molecule is CSC=Nc1cc(Cl)ccc1O. The summed E-state index contributed by atoms with van der Waals surface area (Å²) in [6.07, 6.45) is 1.89. The summed E-state index contributed by atoms with van der Waals surface area (Å²) in [5.41, 5.74) is 2.14. The summed E-state index contributed by atoms with van der Waals surface area (Å²) >= 11 is 7.17. The maximum absolute atomic E-state index is 9.28. The van der Waals surface area contributed by atoms with Crippen LogP contribution < -0.4 is 0 Å². The Morgan fingerprint density at radius 2 is 2.33 bits per heavy atom. The van der Waals surface area contributed by atoms with Gasteiger partial charge < -0.3 is 5.11 Å². The van der Waals surface area contributed by atoms with Gasteiger partial charge in [0.05, 0.1) is 5.55 Å². The van der Waals surface area contributed by atoms with Crippen molar-refractivity contribution in [2.45, 2.75) is 0 Å². The molecule has 0 spiro atoms. The van der Waals surface area contributed by atoms with E-state index in [1.165, 1.54) is 17.8 Å². The van der Waals surface area contributed by atoms with Crippen LogP contribution in [-0.2, 0) is 0 Å². The highest BCUT2D eigenvalue weighted by molar-refractivity contribution is 8.11. The van der Waals surface area contributed by atoms with Gasteiger partial charge in [0.1, 0.15) is 11.4 Å². The third-order valence-corrected chi connectivity index (χ3v) is 1.79. The molecule has 0 unspecified atom stereocenters. The molecule has 1 rings (SSSR count). The number of thioether (sulfide) groups is 1. The van der Waals surface area contributed by atoms with E-state index in [4.69, 9.17) is 11.6 Å². The second-order valence-electron chi connectivity index (χ2n) is 2.10. The minimum absolute atomic E-state index is 0.143. The van der Waals surface area contributed by atoms with Crippen LogP contribution in [0.2, 0.25) is 5.02 Å². The summed E-state index contributed by atoms with van der Waals surface area (Å²) in [6.45, 7) is 0. The lowest BCUT2D eigenvalue weighted by Gasteiger charge is -1.97.